The van der Waals surface area contributed by atoms with E-state index >= 15 is 0 Å². The van der Waals surface area contributed by atoms with Crippen LogP contribution < -0.4 is 4.74 Å². The molecule has 0 aliphatic heterocycles. The van der Waals surface area contributed by atoms with Crippen LogP contribution in [-0.4, -0.2) is 18.2 Å². The number of ether oxygens (including phenoxy) is 1. The predicted molar refractivity (Wildman–Crippen MR) is 70.4 cm³/mol. The molecule has 3 nitrogen and oxygen atoms in total. The summed E-state index contributed by atoms with van der Waals surface area (Å²) < 4.78 is 43.4. The lowest BCUT2D eigenvalue weighted by Crippen LogP contribution is -2.05. The number of carboxylic acids is 1. The maximum atomic E-state index is 12.8. The molecule has 0 saturated heterocycles. The summed E-state index contributed by atoms with van der Waals surface area (Å²) in [6, 6.07) is 8.71. The lowest BCUT2D eigenvalue weighted by molar-refractivity contribution is -0.137. The number of hydrogen-bond donors (Lipinski definition) is 1. The van der Waals surface area contributed by atoms with Gasteiger partial charge in [0.05, 0.1) is 18.2 Å². The smallest absolute Gasteiger partial charge is 0.416 e. The first-order valence-corrected chi connectivity index (χ1v) is 5.92. The summed E-state index contributed by atoms with van der Waals surface area (Å²) in [5.74, 6) is -0.816. The Labute approximate surface area is 118 Å². The van der Waals surface area contributed by atoms with Crippen LogP contribution in [-0.2, 0) is 6.18 Å². The summed E-state index contributed by atoms with van der Waals surface area (Å²) >= 11 is 0. The molecular formula is C15H11F3O3. The quantitative estimate of drug-likeness (QED) is 0.928. The van der Waals surface area contributed by atoms with Gasteiger partial charge in [0.1, 0.15) is 5.75 Å². The fraction of sp³-hybridized carbons (Fsp3) is 0.133. The normalized spacial score (nSPS) is 11.2. The van der Waals surface area contributed by atoms with E-state index in [4.69, 9.17) is 9.84 Å². The first-order chi connectivity index (χ1) is 9.82. The SMILES string of the molecule is COc1ccc(C(F)(F)F)cc1-c1ccc(C(=O)O)cc1. The number of halogens is 3. The van der Waals surface area contributed by atoms with Crippen LogP contribution in [0.1, 0.15) is 15.9 Å². The van der Waals surface area contributed by atoms with Crippen LogP contribution in [0, 0.1) is 0 Å². The molecule has 21 heavy (non-hydrogen) atoms. The van der Waals surface area contributed by atoms with Crippen molar-refractivity contribution in [2.75, 3.05) is 7.11 Å². The number of hydrogen-bond acceptors (Lipinski definition) is 2. The third kappa shape index (κ3) is 3.16. The molecule has 0 aliphatic carbocycles. The zero-order valence-corrected chi connectivity index (χ0v) is 10.9. The molecular weight excluding hydrogens is 285 g/mol. The summed E-state index contributed by atoms with van der Waals surface area (Å²) in [6.45, 7) is 0. The Balaban J connectivity index is 2.52. The Hall–Kier alpha value is -2.50. The molecule has 0 unspecified atom stereocenters. The zero-order valence-electron chi connectivity index (χ0n) is 10.9. The molecule has 0 atom stereocenters. The van der Waals surface area contributed by atoms with Gasteiger partial charge >= 0.3 is 12.1 Å². The van der Waals surface area contributed by atoms with E-state index in [1.807, 2.05) is 0 Å². The number of carbonyl (C=O) groups is 1. The van der Waals surface area contributed by atoms with Gasteiger partial charge in [0.2, 0.25) is 0 Å². The average molecular weight is 296 g/mol. The van der Waals surface area contributed by atoms with Crippen molar-refractivity contribution < 1.29 is 27.8 Å². The second-order valence-electron chi connectivity index (χ2n) is 4.30. The predicted octanol–water partition coefficient (Wildman–Crippen LogP) is 4.08. The van der Waals surface area contributed by atoms with Gasteiger partial charge in [0, 0.05) is 5.56 Å². The maximum absolute atomic E-state index is 12.8. The lowest BCUT2D eigenvalue weighted by Gasteiger charge is -2.13. The van der Waals surface area contributed by atoms with Crippen LogP contribution >= 0.6 is 0 Å². The van der Waals surface area contributed by atoms with Crippen LogP contribution in [0.4, 0.5) is 13.2 Å². The first-order valence-electron chi connectivity index (χ1n) is 5.92. The third-order valence-electron chi connectivity index (χ3n) is 2.97. The molecule has 2 aromatic carbocycles. The number of alkyl halides is 3. The van der Waals surface area contributed by atoms with E-state index in [-0.39, 0.29) is 16.9 Å². The van der Waals surface area contributed by atoms with Crippen molar-refractivity contribution in [2.45, 2.75) is 6.18 Å². The second-order valence-corrected chi connectivity index (χ2v) is 4.30. The fourth-order valence-corrected chi connectivity index (χ4v) is 1.90. The zero-order chi connectivity index (χ0) is 15.6. The number of carboxylic acid groups (broad SMARTS) is 1. The van der Waals surface area contributed by atoms with Gasteiger partial charge in [0.15, 0.2) is 0 Å². The van der Waals surface area contributed by atoms with Gasteiger partial charge in [-0.15, -0.1) is 0 Å². The highest BCUT2D eigenvalue weighted by atomic mass is 19.4. The van der Waals surface area contributed by atoms with Gasteiger partial charge in [-0.2, -0.15) is 13.2 Å². The van der Waals surface area contributed by atoms with Crippen molar-refractivity contribution >= 4 is 5.97 Å². The van der Waals surface area contributed by atoms with Crippen molar-refractivity contribution in [3.63, 3.8) is 0 Å². The lowest BCUT2D eigenvalue weighted by atomic mass is 10.0. The minimum absolute atomic E-state index is 0.0599. The van der Waals surface area contributed by atoms with Crippen LogP contribution in [0.25, 0.3) is 11.1 Å². The Bertz CT molecular complexity index is 661. The molecule has 0 aliphatic rings. The second kappa shape index (κ2) is 5.47. The van der Waals surface area contributed by atoms with Crippen molar-refractivity contribution in [1.29, 1.82) is 0 Å². The summed E-state index contributed by atoms with van der Waals surface area (Å²) in [7, 11) is 1.36. The van der Waals surface area contributed by atoms with E-state index in [1.165, 1.54) is 37.4 Å². The van der Waals surface area contributed by atoms with Gasteiger partial charge in [0.25, 0.3) is 0 Å². The van der Waals surface area contributed by atoms with Crippen molar-refractivity contribution in [1.82, 2.24) is 0 Å². The van der Waals surface area contributed by atoms with Crippen LogP contribution in [0.3, 0.4) is 0 Å². The summed E-state index contributed by atoms with van der Waals surface area (Å²) in [5, 5.41) is 8.82. The largest absolute Gasteiger partial charge is 0.496 e. The molecule has 0 aromatic heterocycles. The standard InChI is InChI=1S/C15H11F3O3/c1-21-13-7-6-11(15(16,17)18)8-12(13)9-2-4-10(5-3-9)14(19)20/h2-8H,1H3,(H,19,20). The molecule has 1 N–H and O–H groups in total. The first kappa shape index (κ1) is 14.9. The molecule has 2 aromatic rings. The highest BCUT2D eigenvalue weighted by Gasteiger charge is 2.31. The third-order valence-corrected chi connectivity index (χ3v) is 2.97. The average Bonchev–Trinajstić information content (AvgIpc) is 2.45. The summed E-state index contributed by atoms with van der Waals surface area (Å²) in [6.07, 6.45) is -4.46. The van der Waals surface area contributed by atoms with E-state index < -0.39 is 17.7 Å². The van der Waals surface area contributed by atoms with E-state index in [1.54, 1.807) is 0 Å². The van der Waals surface area contributed by atoms with Crippen LogP contribution in [0.5, 0.6) is 5.75 Å². The number of aromatic carboxylic acids is 1. The molecule has 0 spiro atoms. The van der Waals surface area contributed by atoms with Crippen molar-refractivity contribution in [3.8, 4) is 16.9 Å². The highest BCUT2D eigenvalue weighted by molar-refractivity contribution is 5.88. The van der Waals surface area contributed by atoms with Crippen molar-refractivity contribution in [2.24, 2.45) is 0 Å². The minimum Gasteiger partial charge on any atom is -0.496 e. The number of methoxy groups -OCH3 is 1. The number of rotatable bonds is 3. The molecule has 0 saturated carbocycles. The van der Waals surface area contributed by atoms with Gasteiger partial charge in [-0.1, -0.05) is 12.1 Å². The Kier molecular flexibility index (Phi) is 3.88. The molecule has 0 amide bonds. The molecule has 0 heterocycles. The van der Waals surface area contributed by atoms with Crippen LogP contribution in [0.15, 0.2) is 42.5 Å². The minimum atomic E-state index is -4.46. The molecule has 0 radical (unpaired) electrons. The van der Waals surface area contributed by atoms with Gasteiger partial charge in [-0.05, 0) is 35.9 Å². The highest BCUT2D eigenvalue weighted by Crippen LogP contribution is 2.37. The van der Waals surface area contributed by atoms with E-state index in [9.17, 15) is 18.0 Å². The Morgan fingerprint density at radius 2 is 1.71 bits per heavy atom. The molecule has 2 rings (SSSR count). The monoisotopic (exact) mass is 296 g/mol. The maximum Gasteiger partial charge on any atom is 0.416 e. The van der Waals surface area contributed by atoms with Crippen molar-refractivity contribution in [3.05, 3.63) is 53.6 Å². The molecule has 0 bridgehead atoms. The Morgan fingerprint density at radius 3 is 2.19 bits per heavy atom. The Morgan fingerprint density at radius 1 is 1.10 bits per heavy atom. The number of benzene rings is 2. The van der Waals surface area contributed by atoms with E-state index in [0.717, 1.165) is 12.1 Å². The summed E-state index contributed by atoms with van der Waals surface area (Å²) in [4.78, 5) is 10.8. The topological polar surface area (TPSA) is 46.5 Å². The van der Waals surface area contributed by atoms with Gasteiger partial charge in [-0.25, -0.2) is 4.79 Å². The van der Waals surface area contributed by atoms with E-state index in [2.05, 4.69) is 0 Å². The molecule has 6 heteroatoms. The van der Waals surface area contributed by atoms with Gasteiger partial charge in [-0.3, -0.25) is 0 Å². The molecule has 110 valence electrons. The van der Waals surface area contributed by atoms with E-state index in [0.29, 0.717) is 5.56 Å². The van der Waals surface area contributed by atoms with Gasteiger partial charge < -0.3 is 9.84 Å². The van der Waals surface area contributed by atoms with Crippen LogP contribution in [0.2, 0.25) is 0 Å². The fourth-order valence-electron chi connectivity index (χ4n) is 1.90. The molecule has 0 fully saturated rings. The summed E-state index contributed by atoms with van der Waals surface area (Å²) in [5.41, 5.74) is -0.0301.